The molecular formula is C15H19ClN2S. The van der Waals surface area contributed by atoms with Crippen molar-refractivity contribution in [1.82, 2.24) is 10.3 Å². The highest BCUT2D eigenvalue weighted by molar-refractivity contribution is 7.11. The smallest absolute Gasteiger partial charge is 0.0949 e. The zero-order valence-corrected chi connectivity index (χ0v) is 13.3. The molecular weight excluding hydrogens is 276 g/mol. The van der Waals surface area contributed by atoms with Gasteiger partial charge >= 0.3 is 0 Å². The lowest BCUT2D eigenvalue weighted by atomic mass is 10.0. The summed E-state index contributed by atoms with van der Waals surface area (Å²) >= 11 is 7.98. The molecule has 4 heteroatoms. The first-order valence-electron chi connectivity index (χ1n) is 6.37. The van der Waals surface area contributed by atoms with Crippen LogP contribution in [0.1, 0.15) is 32.7 Å². The zero-order valence-electron chi connectivity index (χ0n) is 11.7. The first-order chi connectivity index (χ1) is 9.01. The molecule has 0 saturated carbocycles. The Morgan fingerprint density at radius 1 is 1.32 bits per heavy atom. The Morgan fingerprint density at radius 3 is 2.58 bits per heavy atom. The third-order valence-corrected chi connectivity index (χ3v) is 4.90. The highest BCUT2D eigenvalue weighted by Gasteiger charge is 2.14. The molecule has 1 atom stereocenters. The maximum Gasteiger partial charge on any atom is 0.0949 e. The molecule has 2 rings (SSSR count). The number of thiazole rings is 1. The van der Waals surface area contributed by atoms with Crippen LogP contribution in [0, 0.1) is 20.8 Å². The number of aryl methyl sites for hydroxylation is 3. The molecule has 1 aromatic carbocycles. The van der Waals surface area contributed by atoms with Crippen LogP contribution < -0.4 is 5.32 Å². The minimum absolute atomic E-state index is 0.253. The average molecular weight is 295 g/mol. The highest BCUT2D eigenvalue weighted by atomic mass is 35.5. The first kappa shape index (κ1) is 14.5. The Morgan fingerprint density at radius 2 is 2.05 bits per heavy atom. The van der Waals surface area contributed by atoms with Crippen LogP contribution in [0.2, 0.25) is 5.02 Å². The Hall–Kier alpha value is -0.900. The molecule has 2 nitrogen and oxygen atoms in total. The summed E-state index contributed by atoms with van der Waals surface area (Å²) in [6, 6.07) is 6.50. The Labute approximate surface area is 123 Å². The number of benzene rings is 1. The molecule has 1 N–H and O–H groups in total. The first-order valence-corrected chi connectivity index (χ1v) is 7.57. The number of likely N-dealkylation sites (N-methyl/N-ethyl adjacent to an activating group) is 1. The van der Waals surface area contributed by atoms with Gasteiger partial charge in [-0.1, -0.05) is 23.7 Å². The molecule has 0 aliphatic rings. The van der Waals surface area contributed by atoms with Gasteiger partial charge in [0.2, 0.25) is 0 Å². The van der Waals surface area contributed by atoms with Crippen molar-refractivity contribution in [2.45, 2.75) is 33.2 Å². The van der Waals surface area contributed by atoms with E-state index in [0.717, 1.165) is 22.7 Å². The van der Waals surface area contributed by atoms with Crippen LogP contribution in [0.25, 0.3) is 0 Å². The molecule has 0 bridgehead atoms. The number of hydrogen-bond donors (Lipinski definition) is 1. The van der Waals surface area contributed by atoms with E-state index in [1.165, 1.54) is 15.4 Å². The van der Waals surface area contributed by atoms with Gasteiger partial charge < -0.3 is 5.32 Å². The summed E-state index contributed by atoms with van der Waals surface area (Å²) in [5.41, 5.74) is 3.46. The van der Waals surface area contributed by atoms with E-state index >= 15 is 0 Å². The molecule has 0 spiro atoms. The molecule has 1 heterocycles. The molecule has 0 aliphatic carbocycles. The van der Waals surface area contributed by atoms with Gasteiger partial charge in [0, 0.05) is 22.4 Å². The number of nitrogens with one attached hydrogen (secondary N) is 1. The fraction of sp³-hybridized carbons (Fsp3) is 0.400. The summed E-state index contributed by atoms with van der Waals surface area (Å²) in [6.07, 6.45) is 0.898. The third kappa shape index (κ3) is 3.35. The second kappa shape index (κ2) is 6.04. The topological polar surface area (TPSA) is 24.9 Å². The number of halogens is 1. The molecule has 0 fully saturated rings. The normalized spacial score (nSPS) is 12.7. The zero-order chi connectivity index (χ0) is 14.0. The van der Waals surface area contributed by atoms with Gasteiger partial charge in [-0.2, -0.15) is 0 Å². The molecule has 1 aromatic heterocycles. The van der Waals surface area contributed by atoms with E-state index in [1.807, 2.05) is 20.0 Å². The molecule has 19 heavy (non-hydrogen) atoms. The van der Waals surface area contributed by atoms with Gasteiger partial charge in [-0.3, -0.25) is 0 Å². The SMILES string of the molecule is CNC(Cc1nc(C)c(C)s1)c1ccc(C)c(Cl)c1. The molecule has 102 valence electrons. The van der Waals surface area contributed by atoms with Gasteiger partial charge in [0.1, 0.15) is 0 Å². The number of hydrogen-bond acceptors (Lipinski definition) is 3. The van der Waals surface area contributed by atoms with Crippen molar-refractivity contribution in [3.8, 4) is 0 Å². The minimum atomic E-state index is 0.253. The summed E-state index contributed by atoms with van der Waals surface area (Å²) in [7, 11) is 1.98. The number of nitrogens with zero attached hydrogens (tertiary/aromatic N) is 1. The third-order valence-electron chi connectivity index (χ3n) is 3.40. The van der Waals surface area contributed by atoms with Crippen LogP contribution in [-0.4, -0.2) is 12.0 Å². The van der Waals surface area contributed by atoms with Gasteiger partial charge in [0.25, 0.3) is 0 Å². The van der Waals surface area contributed by atoms with E-state index in [1.54, 1.807) is 11.3 Å². The van der Waals surface area contributed by atoms with Gasteiger partial charge in [-0.15, -0.1) is 11.3 Å². The van der Waals surface area contributed by atoms with Gasteiger partial charge in [0.15, 0.2) is 0 Å². The van der Waals surface area contributed by atoms with Crippen LogP contribution in [-0.2, 0) is 6.42 Å². The molecule has 0 amide bonds. The minimum Gasteiger partial charge on any atom is -0.313 e. The van der Waals surface area contributed by atoms with Crippen LogP contribution >= 0.6 is 22.9 Å². The molecule has 2 aromatic rings. The van der Waals surface area contributed by atoms with E-state index in [2.05, 4.69) is 36.3 Å². The summed E-state index contributed by atoms with van der Waals surface area (Å²) < 4.78 is 0. The second-order valence-corrected chi connectivity index (χ2v) is 6.50. The van der Waals surface area contributed by atoms with E-state index in [-0.39, 0.29) is 6.04 Å². The van der Waals surface area contributed by atoms with Crippen molar-refractivity contribution in [2.75, 3.05) is 7.05 Å². The largest absolute Gasteiger partial charge is 0.313 e. The highest BCUT2D eigenvalue weighted by Crippen LogP contribution is 2.26. The van der Waals surface area contributed by atoms with Crippen molar-refractivity contribution in [3.05, 3.63) is 49.9 Å². The van der Waals surface area contributed by atoms with Gasteiger partial charge in [-0.05, 0) is 45.0 Å². The van der Waals surface area contributed by atoms with Crippen LogP contribution in [0.3, 0.4) is 0 Å². The fourth-order valence-corrected chi connectivity index (χ4v) is 3.18. The van der Waals surface area contributed by atoms with Gasteiger partial charge in [0.05, 0.1) is 10.7 Å². The second-order valence-electron chi connectivity index (χ2n) is 4.80. The maximum absolute atomic E-state index is 6.21. The fourth-order valence-electron chi connectivity index (χ4n) is 2.01. The quantitative estimate of drug-likeness (QED) is 0.913. The molecule has 0 aliphatic heterocycles. The van der Waals surface area contributed by atoms with Crippen molar-refractivity contribution in [2.24, 2.45) is 0 Å². The van der Waals surface area contributed by atoms with E-state index in [4.69, 9.17) is 11.6 Å². The lowest BCUT2D eigenvalue weighted by Crippen LogP contribution is -2.18. The maximum atomic E-state index is 6.21. The lowest BCUT2D eigenvalue weighted by molar-refractivity contribution is 0.590. The predicted molar refractivity (Wildman–Crippen MR) is 83.3 cm³/mol. The lowest BCUT2D eigenvalue weighted by Gasteiger charge is -2.16. The van der Waals surface area contributed by atoms with Crippen molar-refractivity contribution in [3.63, 3.8) is 0 Å². The van der Waals surface area contributed by atoms with Crippen LogP contribution in [0.5, 0.6) is 0 Å². The molecule has 0 radical (unpaired) electrons. The summed E-state index contributed by atoms with van der Waals surface area (Å²) in [5.74, 6) is 0. The van der Waals surface area contributed by atoms with E-state index < -0.39 is 0 Å². The van der Waals surface area contributed by atoms with E-state index in [9.17, 15) is 0 Å². The van der Waals surface area contributed by atoms with Crippen molar-refractivity contribution >= 4 is 22.9 Å². The molecule has 0 saturated heterocycles. The average Bonchev–Trinajstić information content (AvgIpc) is 2.69. The Kier molecular flexibility index (Phi) is 4.61. The van der Waals surface area contributed by atoms with Crippen molar-refractivity contribution < 1.29 is 0 Å². The van der Waals surface area contributed by atoms with E-state index in [0.29, 0.717) is 0 Å². The Bertz CT molecular complexity index is 558. The van der Waals surface area contributed by atoms with Crippen LogP contribution in [0.4, 0.5) is 0 Å². The van der Waals surface area contributed by atoms with Crippen molar-refractivity contribution in [1.29, 1.82) is 0 Å². The van der Waals surface area contributed by atoms with Crippen LogP contribution in [0.15, 0.2) is 18.2 Å². The number of aromatic nitrogens is 1. The summed E-state index contributed by atoms with van der Waals surface area (Å²) in [4.78, 5) is 5.91. The summed E-state index contributed by atoms with van der Waals surface area (Å²) in [5, 5.41) is 5.35. The summed E-state index contributed by atoms with van der Waals surface area (Å²) in [6.45, 7) is 6.20. The standard InChI is InChI=1S/C15H19ClN2S/c1-9-5-6-12(7-13(9)16)14(17-4)8-15-18-10(2)11(3)19-15/h5-7,14,17H,8H2,1-4H3. The number of rotatable bonds is 4. The Balaban J connectivity index is 2.22. The van der Waals surface area contributed by atoms with Gasteiger partial charge in [-0.25, -0.2) is 4.98 Å². The monoisotopic (exact) mass is 294 g/mol. The molecule has 1 unspecified atom stereocenters. The predicted octanol–water partition coefficient (Wildman–Crippen LogP) is 4.22.